The first-order chi connectivity index (χ1) is 15.2. The molecule has 8 heteroatoms. The summed E-state index contributed by atoms with van der Waals surface area (Å²) < 4.78 is 6.25. The third-order valence-corrected chi connectivity index (χ3v) is 5.49. The number of halogens is 1. The summed E-state index contributed by atoms with van der Waals surface area (Å²) in [6.07, 6.45) is 0. The molecule has 0 bridgehead atoms. The van der Waals surface area contributed by atoms with Crippen LogP contribution in [0, 0.1) is 0 Å². The Bertz CT molecular complexity index is 1330. The fourth-order valence-electron chi connectivity index (χ4n) is 3.78. The predicted octanol–water partition coefficient (Wildman–Crippen LogP) is 2.07. The van der Waals surface area contributed by atoms with E-state index in [-0.39, 0.29) is 23.5 Å². The molecule has 1 aromatic heterocycles. The van der Waals surface area contributed by atoms with Crippen LogP contribution in [-0.2, 0) is 0 Å². The minimum Gasteiger partial charge on any atom is -1.00 e. The van der Waals surface area contributed by atoms with E-state index in [1.54, 1.807) is 0 Å². The lowest BCUT2D eigenvalue weighted by Gasteiger charge is -2.14. The standard InChI is InChI=1S/C25H22N2O5.ClH/c1-26(2)15-6-9-18-21(12-15)32-22-13-16(27(3)4)7-10-19(22)23(18)20-11-14(24(28)29)5-8-17(20)25(30)31;/h5-13H,1-4H3,(H-,28,29,30,31);1H. The minimum absolute atomic E-state index is 0. The zero-order valence-corrected chi connectivity index (χ0v) is 19.3. The van der Waals surface area contributed by atoms with E-state index in [0.29, 0.717) is 33.1 Å². The van der Waals surface area contributed by atoms with E-state index < -0.39 is 11.9 Å². The number of hydrogen-bond acceptors (Lipinski definition) is 4. The molecular formula is C25H23ClN2O5. The number of rotatable bonds is 5. The Balaban J connectivity index is 0.00000306. The van der Waals surface area contributed by atoms with Gasteiger partial charge in [0, 0.05) is 45.1 Å². The molecule has 1 heterocycles. The third kappa shape index (κ3) is 4.27. The van der Waals surface area contributed by atoms with Gasteiger partial charge in [0.15, 0.2) is 0 Å². The van der Waals surface area contributed by atoms with E-state index in [1.165, 1.54) is 18.2 Å². The van der Waals surface area contributed by atoms with Crippen molar-refractivity contribution in [2.75, 3.05) is 38.0 Å². The van der Waals surface area contributed by atoms with Gasteiger partial charge in [-0.15, -0.1) is 0 Å². The van der Waals surface area contributed by atoms with E-state index in [0.717, 1.165) is 11.4 Å². The molecule has 0 saturated carbocycles. The summed E-state index contributed by atoms with van der Waals surface area (Å²) in [6.45, 7) is 0. The summed E-state index contributed by atoms with van der Waals surface area (Å²) in [4.78, 5) is 27.6. The molecule has 0 spiro atoms. The topological polar surface area (TPSA) is 92.4 Å². The molecule has 4 aromatic rings. The Morgan fingerprint density at radius 2 is 1.24 bits per heavy atom. The molecule has 4 rings (SSSR count). The SMILES string of the molecule is CN(C)c1ccc2c(-c3cc(C(=O)O)ccc3C(=O)O)c3ccc(N(C)C)cc3[o+]c2c1.[Cl-]. The number of anilines is 2. The van der Waals surface area contributed by atoms with Crippen molar-refractivity contribution in [2.45, 2.75) is 0 Å². The Hall–Kier alpha value is -3.84. The van der Waals surface area contributed by atoms with E-state index in [2.05, 4.69) is 0 Å². The van der Waals surface area contributed by atoms with Crippen LogP contribution in [0.3, 0.4) is 0 Å². The van der Waals surface area contributed by atoms with Crippen LogP contribution in [-0.4, -0.2) is 50.3 Å². The van der Waals surface area contributed by atoms with Gasteiger partial charge in [-0.05, 0) is 48.0 Å². The molecule has 0 atom stereocenters. The van der Waals surface area contributed by atoms with Gasteiger partial charge in [-0.1, -0.05) is 0 Å². The molecule has 170 valence electrons. The molecule has 0 saturated heterocycles. The van der Waals surface area contributed by atoms with Crippen molar-refractivity contribution in [1.29, 1.82) is 0 Å². The maximum atomic E-state index is 12.1. The molecule has 33 heavy (non-hydrogen) atoms. The largest absolute Gasteiger partial charge is 1.00 e. The summed E-state index contributed by atoms with van der Waals surface area (Å²) in [7, 11) is 7.69. The van der Waals surface area contributed by atoms with Crippen LogP contribution in [0.2, 0.25) is 0 Å². The van der Waals surface area contributed by atoms with Gasteiger partial charge < -0.3 is 32.4 Å². The monoisotopic (exact) mass is 466 g/mol. The van der Waals surface area contributed by atoms with Crippen molar-refractivity contribution in [2.24, 2.45) is 0 Å². The van der Waals surface area contributed by atoms with Crippen LogP contribution in [0.4, 0.5) is 11.4 Å². The summed E-state index contributed by atoms with van der Waals surface area (Å²) in [5.74, 6) is -2.25. The molecule has 0 fully saturated rings. The summed E-state index contributed by atoms with van der Waals surface area (Å²) in [5, 5.41) is 20.8. The average molecular weight is 467 g/mol. The lowest BCUT2D eigenvalue weighted by Crippen LogP contribution is -3.00. The number of carboxylic acid groups (broad SMARTS) is 2. The van der Waals surface area contributed by atoms with Crippen LogP contribution in [0.15, 0.2) is 59.0 Å². The van der Waals surface area contributed by atoms with Gasteiger partial charge in [-0.25, -0.2) is 14.0 Å². The predicted molar refractivity (Wildman–Crippen MR) is 126 cm³/mol. The highest BCUT2D eigenvalue weighted by Gasteiger charge is 2.25. The van der Waals surface area contributed by atoms with Crippen LogP contribution >= 0.6 is 0 Å². The van der Waals surface area contributed by atoms with Crippen LogP contribution < -0.4 is 22.2 Å². The van der Waals surface area contributed by atoms with Crippen LogP contribution in [0.5, 0.6) is 0 Å². The zero-order valence-electron chi connectivity index (χ0n) is 18.6. The van der Waals surface area contributed by atoms with Crippen LogP contribution in [0.1, 0.15) is 20.7 Å². The molecule has 3 aromatic carbocycles. The molecular weight excluding hydrogens is 444 g/mol. The van der Waals surface area contributed by atoms with Gasteiger partial charge in [0.1, 0.15) is 0 Å². The van der Waals surface area contributed by atoms with Crippen molar-refractivity contribution in [3.8, 4) is 11.1 Å². The minimum atomic E-state index is -1.13. The highest BCUT2D eigenvalue weighted by molar-refractivity contribution is 6.13. The second-order valence-corrected chi connectivity index (χ2v) is 8.00. The van der Waals surface area contributed by atoms with Gasteiger partial charge in [0.25, 0.3) is 0 Å². The second kappa shape index (κ2) is 8.96. The fraction of sp³-hybridized carbons (Fsp3) is 0.160. The van der Waals surface area contributed by atoms with Crippen LogP contribution in [0.25, 0.3) is 33.1 Å². The molecule has 0 amide bonds. The Kier molecular flexibility index (Phi) is 6.46. The molecule has 0 aliphatic rings. The third-order valence-electron chi connectivity index (χ3n) is 5.49. The molecule has 2 N–H and O–H groups in total. The number of fused-ring (bicyclic) bond motifs is 2. The van der Waals surface area contributed by atoms with Gasteiger partial charge >= 0.3 is 23.1 Å². The molecule has 7 nitrogen and oxygen atoms in total. The Morgan fingerprint density at radius 3 is 1.67 bits per heavy atom. The van der Waals surface area contributed by atoms with E-state index in [1.807, 2.05) is 74.4 Å². The van der Waals surface area contributed by atoms with Gasteiger partial charge in [-0.3, -0.25) is 0 Å². The van der Waals surface area contributed by atoms with Crippen molar-refractivity contribution in [3.05, 3.63) is 65.7 Å². The summed E-state index contributed by atoms with van der Waals surface area (Å²) >= 11 is 0. The number of nitrogens with zero attached hydrogens (tertiary/aromatic N) is 2. The number of aromatic carboxylic acids is 2. The highest BCUT2D eigenvalue weighted by atomic mass is 35.5. The first-order valence-electron chi connectivity index (χ1n) is 9.96. The number of hydrogen-bond donors (Lipinski definition) is 2. The molecule has 0 aliphatic heterocycles. The van der Waals surface area contributed by atoms with Crippen molar-refractivity contribution >= 4 is 45.3 Å². The van der Waals surface area contributed by atoms with E-state index in [9.17, 15) is 19.8 Å². The van der Waals surface area contributed by atoms with E-state index >= 15 is 0 Å². The van der Waals surface area contributed by atoms with Gasteiger partial charge in [-0.2, -0.15) is 0 Å². The molecule has 0 aliphatic carbocycles. The Morgan fingerprint density at radius 1 is 0.727 bits per heavy atom. The lowest BCUT2D eigenvalue weighted by molar-refractivity contribution is -0.0000372. The van der Waals surface area contributed by atoms with Gasteiger partial charge in [0.05, 0.1) is 34.0 Å². The van der Waals surface area contributed by atoms with Gasteiger partial charge in [0.2, 0.25) is 0 Å². The second-order valence-electron chi connectivity index (χ2n) is 8.00. The Labute approximate surface area is 196 Å². The first kappa shape index (κ1) is 23.8. The summed E-state index contributed by atoms with van der Waals surface area (Å²) in [6, 6.07) is 15.4. The first-order valence-corrected chi connectivity index (χ1v) is 9.96. The number of carbonyl (C=O) groups is 2. The zero-order chi connectivity index (χ0) is 23.2. The average Bonchev–Trinajstić information content (AvgIpc) is 2.75. The lowest BCUT2D eigenvalue weighted by atomic mass is 9.91. The number of benzene rings is 3. The van der Waals surface area contributed by atoms with E-state index in [4.69, 9.17) is 4.42 Å². The normalized spacial score (nSPS) is 10.7. The molecule has 0 radical (unpaired) electrons. The maximum Gasteiger partial charge on any atom is 0.363 e. The smallest absolute Gasteiger partial charge is 0.363 e. The summed E-state index contributed by atoms with van der Waals surface area (Å²) in [5.41, 5.74) is 3.99. The van der Waals surface area contributed by atoms with Crippen molar-refractivity contribution in [3.63, 3.8) is 0 Å². The number of carboxylic acids is 2. The fourth-order valence-corrected chi connectivity index (χ4v) is 3.78. The highest BCUT2D eigenvalue weighted by Crippen LogP contribution is 2.40. The quantitative estimate of drug-likeness (QED) is 0.343. The maximum absolute atomic E-state index is 12.1. The van der Waals surface area contributed by atoms with Crippen molar-refractivity contribution in [1.82, 2.24) is 0 Å². The van der Waals surface area contributed by atoms with Crippen molar-refractivity contribution < 1.29 is 36.6 Å². The molecule has 0 unspecified atom stereocenters.